The molecule has 1 unspecified atom stereocenters. The molecule has 1 aliphatic carbocycles. The summed E-state index contributed by atoms with van der Waals surface area (Å²) in [4.78, 5) is 31.6. The van der Waals surface area contributed by atoms with Crippen LogP contribution in [0.15, 0.2) is 78.9 Å². The van der Waals surface area contributed by atoms with Crippen LogP contribution in [0.2, 0.25) is 0 Å². The molecule has 2 amide bonds. The topological polar surface area (TPSA) is 52.7 Å². The molecule has 5 nitrogen and oxygen atoms in total. The molecular formula is C36H39F6N3O2. The van der Waals surface area contributed by atoms with Gasteiger partial charge in [0.25, 0.3) is 0 Å². The van der Waals surface area contributed by atoms with Crippen molar-refractivity contribution in [1.82, 2.24) is 15.1 Å². The van der Waals surface area contributed by atoms with Gasteiger partial charge in [0, 0.05) is 25.7 Å². The molecule has 3 aromatic carbocycles. The zero-order chi connectivity index (χ0) is 34.2. The number of nitrogens with one attached hydrogen (secondary N) is 1. The van der Waals surface area contributed by atoms with Gasteiger partial charge in [0.15, 0.2) is 0 Å². The van der Waals surface area contributed by atoms with E-state index in [9.17, 15) is 35.9 Å². The van der Waals surface area contributed by atoms with Crippen molar-refractivity contribution < 1.29 is 35.9 Å². The lowest BCUT2D eigenvalue weighted by molar-refractivity contribution is -0.154. The van der Waals surface area contributed by atoms with Gasteiger partial charge in [0.2, 0.25) is 11.8 Å². The predicted molar refractivity (Wildman–Crippen MR) is 166 cm³/mol. The van der Waals surface area contributed by atoms with Gasteiger partial charge in [-0.2, -0.15) is 26.3 Å². The number of carbonyl (C=O) groups excluding carboxylic acids is 2. The Kier molecular flexibility index (Phi) is 9.52. The summed E-state index contributed by atoms with van der Waals surface area (Å²) < 4.78 is 81.3. The normalized spacial score (nSPS) is 23.0. The van der Waals surface area contributed by atoms with Crippen LogP contribution in [-0.2, 0) is 34.0 Å². The molecule has 5 rings (SSSR count). The number of piperazine rings is 1. The second-order valence-corrected chi connectivity index (χ2v) is 13.2. The van der Waals surface area contributed by atoms with Crippen LogP contribution >= 0.6 is 0 Å². The lowest BCUT2D eigenvalue weighted by Gasteiger charge is -2.51. The van der Waals surface area contributed by atoms with Crippen LogP contribution in [0.4, 0.5) is 26.3 Å². The molecule has 252 valence electrons. The van der Waals surface area contributed by atoms with Crippen molar-refractivity contribution in [2.75, 3.05) is 13.1 Å². The van der Waals surface area contributed by atoms with Crippen molar-refractivity contribution >= 4 is 11.8 Å². The third-order valence-electron chi connectivity index (χ3n) is 9.84. The van der Waals surface area contributed by atoms with Crippen LogP contribution in [-0.4, -0.2) is 46.3 Å². The maximum absolute atomic E-state index is 13.9. The lowest BCUT2D eigenvalue weighted by atomic mass is 9.73. The summed E-state index contributed by atoms with van der Waals surface area (Å²) in [5, 5.41) is 3.04. The van der Waals surface area contributed by atoms with E-state index < -0.39 is 46.4 Å². The zero-order valence-corrected chi connectivity index (χ0v) is 26.6. The fourth-order valence-corrected chi connectivity index (χ4v) is 6.90. The molecule has 0 bridgehead atoms. The number of benzene rings is 3. The lowest BCUT2D eigenvalue weighted by Crippen LogP contribution is -2.65. The minimum Gasteiger partial charge on any atom is -0.346 e. The van der Waals surface area contributed by atoms with E-state index in [0.29, 0.717) is 57.5 Å². The van der Waals surface area contributed by atoms with E-state index in [2.05, 4.69) is 10.2 Å². The Morgan fingerprint density at radius 3 is 1.91 bits per heavy atom. The average Bonchev–Trinajstić information content (AvgIpc) is 3.03. The number of alkyl halides is 6. The van der Waals surface area contributed by atoms with Crippen molar-refractivity contribution in [2.24, 2.45) is 0 Å². The van der Waals surface area contributed by atoms with Crippen LogP contribution in [0.1, 0.15) is 80.2 Å². The Bertz CT molecular complexity index is 1530. The zero-order valence-electron chi connectivity index (χ0n) is 26.6. The summed E-state index contributed by atoms with van der Waals surface area (Å²) in [7, 11) is 0. The van der Waals surface area contributed by atoms with E-state index in [-0.39, 0.29) is 23.6 Å². The van der Waals surface area contributed by atoms with Crippen LogP contribution in [0, 0.1) is 0 Å². The van der Waals surface area contributed by atoms with Gasteiger partial charge in [-0.15, -0.1) is 0 Å². The second-order valence-electron chi connectivity index (χ2n) is 13.2. The third-order valence-corrected chi connectivity index (χ3v) is 9.84. The fourth-order valence-electron chi connectivity index (χ4n) is 6.90. The summed E-state index contributed by atoms with van der Waals surface area (Å²) in [6, 6.07) is 20.3. The molecule has 1 atom stereocenters. The highest BCUT2D eigenvalue weighted by Gasteiger charge is 2.47. The molecule has 0 radical (unpaired) electrons. The van der Waals surface area contributed by atoms with Crippen molar-refractivity contribution in [2.45, 2.75) is 88.4 Å². The third kappa shape index (κ3) is 7.35. The monoisotopic (exact) mass is 659 g/mol. The Labute approximate surface area is 270 Å². The van der Waals surface area contributed by atoms with Gasteiger partial charge in [0.1, 0.15) is 0 Å². The molecule has 3 aromatic rings. The molecule has 1 saturated heterocycles. The second kappa shape index (κ2) is 13.0. The molecule has 0 spiro atoms. The maximum Gasteiger partial charge on any atom is 0.416 e. The van der Waals surface area contributed by atoms with Gasteiger partial charge in [-0.1, -0.05) is 60.7 Å². The highest BCUT2D eigenvalue weighted by atomic mass is 19.4. The first-order valence-corrected chi connectivity index (χ1v) is 15.8. The van der Waals surface area contributed by atoms with Crippen molar-refractivity contribution in [3.8, 4) is 0 Å². The highest BCUT2D eigenvalue weighted by Crippen LogP contribution is 2.42. The summed E-state index contributed by atoms with van der Waals surface area (Å²) in [6.45, 7) is 7.07. The Hall–Kier alpha value is -3.86. The van der Waals surface area contributed by atoms with E-state index in [1.165, 1.54) is 6.92 Å². The minimum absolute atomic E-state index is 0.0274. The van der Waals surface area contributed by atoms with Gasteiger partial charge in [0.05, 0.1) is 28.1 Å². The molecule has 2 fully saturated rings. The van der Waals surface area contributed by atoms with Crippen LogP contribution in [0.3, 0.4) is 0 Å². The molecule has 0 aromatic heterocycles. The first-order chi connectivity index (χ1) is 22.0. The van der Waals surface area contributed by atoms with Crippen molar-refractivity contribution in [3.05, 3.63) is 107 Å². The molecule has 1 aliphatic heterocycles. The predicted octanol–water partition coefficient (Wildman–Crippen LogP) is 7.91. The summed E-state index contributed by atoms with van der Waals surface area (Å²) in [6.07, 6.45) is -8.04. The van der Waals surface area contributed by atoms with Gasteiger partial charge in [-0.25, -0.2) is 0 Å². The van der Waals surface area contributed by atoms with E-state index in [1.54, 1.807) is 0 Å². The van der Waals surface area contributed by atoms with Gasteiger partial charge < -0.3 is 10.2 Å². The number of rotatable bonds is 7. The summed E-state index contributed by atoms with van der Waals surface area (Å²) >= 11 is 0. The number of nitrogens with zero attached hydrogens (tertiary/aromatic N) is 2. The van der Waals surface area contributed by atoms with Crippen molar-refractivity contribution in [1.29, 1.82) is 0 Å². The van der Waals surface area contributed by atoms with Crippen LogP contribution in [0.25, 0.3) is 0 Å². The average molecular weight is 660 g/mol. The first kappa shape index (κ1) is 34.5. The standard InChI is InChI=1S/C36H39F6N3O2/c1-24(26-20-28(35(37,38)39)22-29(21-26)36(40,41)42)31(46)43-34(27-12-8-5-9-13-27)16-14-30(15-17-34)45-19-18-44(33(2,3)32(45)47)23-25-10-6-4-7-11-25/h4-13,20-22,24,30H,14-19,23H2,1-3H3,(H,43,46). The Morgan fingerprint density at radius 1 is 0.851 bits per heavy atom. The number of amides is 2. The smallest absolute Gasteiger partial charge is 0.346 e. The number of hydrogen-bond acceptors (Lipinski definition) is 3. The van der Waals surface area contributed by atoms with Gasteiger partial charge in [-0.05, 0) is 81.3 Å². The largest absolute Gasteiger partial charge is 0.416 e. The van der Waals surface area contributed by atoms with Crippen molar-refractivity contribution in [3.63, 3.8) is 0 Å². The summed E-state index contributed by atoms with van der Waals surface area (Å²) in [5.41, 5.74) is -3.02. The Balaban J connectivity index is 1.34. The highest BCUT2D eigenvalue weighted by molar-refractivity contribution is 5.87. The van der Waals surface area contributed by atoms with E-state index in [1.807, 2.05) is 79.4 Å². The quantitative estimate of drug-likeness (QED) is 0.263. The van der Waals surface area contributed by atoms with E-state index in [4.69, 9.17) is 0 Å². The molecular weight excluding hydrogens is 620 g/mol. The van der Waals surface area contributed by atoms with Crippen LogP contribution in [0.5, 0.6) is 0 Å². The first-order valence-electron chi connectivity index (χ1n) is 15.8. The number of carbonyl (C=O) groups is 2. The van der Waals surface area contributed by atoms with Gasteiger partial charge in [-0.3, -0.25) is 14.5 Å². The summed E-state index contributed by atoms with van der Waals surface area (Å²) in [5.74, 6) is -1.94. The number of hydrogen-bond donors (Lipinski definition) is 1. The molecule has 1 N–H and O–H groups in total. The minimum atomic E-state index is -5.02. The van der Waals surface area contributed by atoms with Gasteiger partial charge >= 0.3 is 12.4 Å². The molecule has 1 heterocycles. The fraction of sp³-hybridized carbons (Fsp3) is 0.444. The number of halogens is 6. The van der Waals surface area contributed by atoms with E-state index >= 15 is 0 Å². The molecule has 11 heteroatoms. The van der Waals surface area contributed by atoms with E-state index in [0.717, 1.165) is 11.1 Å². The Morgan fingerprint density at radius 2 is 1.38 bits per heavy atom. The van der Waals surface area contributed by atoms with Crippen LogP contribution < -0.4 is 5.32 Å². The molecule has 47 heavy (non-hydrogen) atoms. The molecule has 2 aliphatic rings. The SMILES string of the molecule is CC(C(=O)NC1(c2ccccc2)CCC(N2CCN(Cc3ccccc3)C(C)(C)C2=O)CC1)c1cc(C(F)(F)F)cc(C(F)(F)F)c1. The maximum atomic E-state index is 13.9. The molecule has 1 saturated carbocycles.